The quantitative estimate of drug-likeness (QED) is 0.449. The van der Waals surface area contributed by atoms with E-state index in [1.165, 1.54) is 57.8 Å². The van der Waals surface area contributed by atoms with Crippen LogP contribution in [0.1, 0.15) is 85.0 Å². The first-order valence-corrected chi connectivity index (χ1v) is 9.92. The Balaban J connectivity index is 1.65. The minimum absolute atomic E-state index is 0.0918. The van der Waals surface area contributed by atoms with Crippen molar-refractivity contribution in [1.82, 2.24) is 0 Å². The first-order chi connectivity index (χ1) is 11.1. The number of allylic oxidation sites excluding steroid dienone is 1. The summed E-state index contributed by atoms with van der Waals surface area (Å²) >= 11 is 0. The van der Waals surface area contributed by atoms with Gasteiger partial charge in [0.25, 0.3) is 0 Å². The molecule has 0 radical (unpaired) electrons. The van der Waals surface area contributed by atoms with Gasteiger partial charge in [-0.15, -0.1) is 0 Å². The van der Waals surface area contributed by atoms with Crippen LogP contribution in [0.15, 0.2) is 11.6 Å². The summed E-state index contributed by atoms with van der Waals surface area (Å²) in [6, 6.07) is 0. The summed E-state index contributed by atoms with van der Waals surface area (Å²) in [6.45, 7) is 7.17. The zero-order valence-corrected chi connectivity index (χ0v) is 15.5. The summed E-state index contributed by atoms with van der Waals surface area (Å²) in [7, 11) is 0. The molecule has 0 aromatic carbocycles. The maximum Gasteiger partial charge on any atom is 0.333 e. The lowest BCUT2D eigenvalue weighted by atomic mass is 9.79. The van der Waals surface area contributed by atoms with Gasteiger partial charge in [-0.1, -0.05) is 52.0 Å². The van der Waals surface area contributed by atoms with Gasteiger partial charge in [-0.3, -0.25) is 0 Å². The minimum atomic E-state index is -0.0918. The molecule has 0 N–H and O–H groups in total. The van der Waals surface area contributed by atoms with Crippen molar-refractivity contribution in [2.24, 2.45) is 23.7 Å². The second kappa shape index (κ2) is 9.49. The van der Waals surface area contributed by atoms with Gasteiger partial charge in [-0.25, -0.2) is 4.79 Å². The number of rotatable bonds is 6. The highest BCUT2D eigenvalue weighted by atomic mass is 16.5. The van der Waals surface area contributed by atoms with Crippen molar-refractivity contribution in [3.05, 3.63) is 11.6 Å². The Morgan fingerprint density at radius 3 is 2.13 bits per heavy atom. The largest absolute Gasteiger partial charge is 0.462 e. The Hall–Kier alpha value is -0.790. The average Bonchev–Trinajstić information content (AvgIpc) is 2.59. The lowest BCUT2D eigenvalue weighted by Gasteiger charge is -2.27. The van der Waals surface area contributed by atoms with Gasteiger partial charge in [0.15, 0.2) is 0 Å². The Bertz CT molecular complexity index is 383. The summed E-state index contributed by atoms with van der Waals surface area (Å²) in [5, 5.41) is 0. The highest BCUT2D eigenvalue weighted by Crippen LogP contribution is 2.33. The van der Waals surface area contributed by atoms with Crippen molar-refractivity contribution in [3.8, 4) is 0 Å². The normalized spacial score (nSPS) is 32.6. The number of carbonyl (C=O) groups excluding carboxylic acids is 1. The lowest BCUT2D eigenvalue weighted by molar-refractivity contribution is -0.140. The number of esters is 1. The van der Waals surface area contributed by atoms with Crippen molar-refractivity contribution in [2.75, 3.05) is 6.61 Å². The highest BCUT2D eigenvalue weighted by molar-refractivity contribution is 5.87. The fourth-order valence-electron chi connectivity index (χ4n) is 4.11. The molecule has 0 spiro atoms. The van der Waals surface area contributed by atoms with Crippen LogP contribution in [-0.2, 0) is 9.53 Å². The topological polar surface area (TPSA) is 26.3 Å². The van der Waals surface area contributed by atoms with E-state index in [1.54, 1.807) is 0 Å². The number of ether oxygens (including phenoxy) is 1. The van der Waals surface area contributed by atoms with Crippen LogP contribution in [0.5, 0.6) is 0 Å². The fraction of sp³-hybridized carbons (Fsp3) is 0.857. The highest BCUT2D eigenvalue weighted by Gasteiger charge is 2.21. The van der Waals surface area contributed by atoms with Crippen molar-refractivity contribution >= 4 is 5.97 Å². The van der Waals surface area contributed by atoms with E-state index in [0.717, 1.165) is 29.7 Å². The van der Waals surface area contributed by atoms with Crippen LogP contribution in [0, 0.1) is 23.7 Å². The SMILES string of the molecule is CCC1CCC(CC=C(C)C(=O)OCC2CCC(C)CC2)CC1. The van der Waals surface area contributed by atoms with Crippen molar-refractivity contribution in [1.29, 1.82) is 0 Å². The van der Waals surface area contributed by atoms with Crippen LogP contribution in [0.25, 0.3) is 0 Å². The first-order valence-electron chi connectivity index (χ1n) is 9.92. The molecule has 2 aliphatic carbocycles. The molecule has 0 amide bonds. The van der Waals surface area contributed by atoms with E-state index in [4.69, 9.17) is 4.74 Å². The molecule has 0 bridgehead atoms. The third-order valence-corrected chi connectivity index (χ3v) is 6.21. The number of hydrogen-bond donors (Lipinski definition) is 0. The maximum atomic E-state index is 12.1. The monoisotopic (exact) mass is 320 g/mol. The summed E-state index contributed by atoms with van der Waals surface area (Å²) in [4.78, 5) is 12.1. The average molecular weight is 321 g/mol. The van der Waals surface area contributed by atoms with Gasteiger partial charge in [0, 0.05) is 5.57 Å². The van der Waals surface area contributed by atoms with E-state index in [0.29, 0.717) is 12.5 Å². The molecule has 132 valence electrons. The van der Waals surface area contributed by atoms with Crippen molar-refractivity contribution in [3.63, 3.8) is 0 Å². The molecule has 2 nitrogen and oxygen atoms in total. The second-order valence-corrected chi connectivity index (χ2v) is 8.14. The molecule has 2 fully saturated rings. The number of carbonyl (C=O) groups is 1. The van der Waals surface area contributed by atoms with E-state index in [-0.39, 0.29) is 5.97 Å². The third kappa shape index (κ3) is 6.31. The van der Waals surface area contributed by atoms with Crippen LogP contribution in [0.3, 0.4) is 0 Å². The van der Waals surface area contributed by atoms with Crippen LogP contribution in [-0.4, -0.2) is 12.6 Å². The summed E-state index contributed by atoms with van der Waals surface area (Å²) in [5.74, 6) is 3.07. The molecule has 2 saturated carbocycles. The Kier molecular flexibility index (Phi) is 7.65. The Labute approximate surface area is 143 Å². The van der Waals surface area contributed by atoms with Crippen LogP contribution >= 0.6 is 0 Å². The number of hydrogen-bond acceptors (Lipinski definition) is 2. The summed E-state index contributed by atoms with van der Waals surface area (Å²) < 4.78 is 5.55. The summed E-state index contributed by atoms with van der Waals surface area (Å²) in [5.41, 5.74) is 0.812. The molecular formula is C21H36O2. The van der Waals surface area contributed by atoms with Gasteiger partial charge in [0.2, 0.25) is 0 Å². The van der Waals surface area contributed by atoms with E-state index >= 15 is 0 Å². The van der Waals surface area contributed by atoms with Crippen LogP contribution in [0.2, 0.25) is 0 Å². The zero-order valence-electron chi connectivity index (χ0n) is 15.5. The van der Waals surface area contributed by atoms with E-state index in [9.17, 15) is 4.79 Å². The van der Waals surface area contributed by atoms with E-state index < -0.39 is 0 Å². The van der Waals surface area contributed by atoms with Gasteiger partial charge in [-0.05, 0) is 62.7 Å². The van der Waals surface area contributed by atoms with Crippen molar-refractivity contribution < 1.29 is 9.53 Å². The molecule has 0 aliphatic heterocycles. The first kappa shape index (κ1) is 18.5. The molecule has 2 heteroatoms. The Morgan fingerprint density at radius 2 is 1.52 bits per heavy atom. The molecule has 2 rings (SSSR count). The fourth-order valence-corrected chi connectivity index (χ4v) is 4.11. The molecule has 23 heavy (non-hydrogen) atoms. The van der Waals surface area contributed by atoms with Crippen LogP contribution < -0.4 is 0 Å². The van der Waals surface area contributed by atoms with Gasteiger partial charge >= 0.3 is 5.97 Å². The predicted molar refractivity (Wildman–Crippen MR) is 96.2 cm³/mol. The standard InChI is InChI=1S/C21H36O2/c1-4-18-11-13-19(14-12-18)10-7-17(3)21(22)23-15-20-8-5-16(2)6-9-20/h7,16,18-20H,4-6,8-15H2,1-3H3. The third-order valence-electron chi connectivity index (χ3n) is 6.21. The molecule has 0 heterocycles. The molecule has 0 aromatic heterocycles. The van der Waals surface area contributed by atoms with E-state index in [2.05, 4.69) is 19.9 Å². The van der Waals surface area contributed by atoms with Gasteiger partial charge in [-0.2, -0.15) is 0 Å². The van der Waals surface area contributed by atoms with Gasteiger partial charge in [0.05, 0.1) is 6.61 Å². The van der Waals surface area contributed by atoms with Crippen molar-refractivity contribution in [2.45, 2.75) is 85.0 Å². The minimum Gasteiger partial charge on any atom is -0.462 e. The van der Waals surface area contributed by atoms with E-state index in [1.807, 2.05) is 6.92 Å². The van der Waals surface area contributed by atoms with Gasteiger partial charge < -0.3 is 4.74 Å². The zero-order chi connectivity index (χ0) is 16.7. The maximum absolute atomic E-state index is 12.1. The predicted octanol–water partition coefficient (Wildman–Crippen LogP) is 5.91. The van der Waals surface area contributed by atoms with Crippen LogP contribution in [0.4, 0.5) is 0 Å². The molecule has 0 atom stereocenters. The molecule has 0 aromatic rings. The molecule has 0 saturated heterocycles. The lowest BCUT2D eigenvalue weighted by Crippen LogP contribution is -2.20. The smallest absolute Gasteiger partial charge is 0.333 e. The molecule has 0 unspecified atom stereocenters. The summed E-state index contributed by atoms with van der Waals surface area (Å²) in [6.07, 6.45) is 14.9. The van der Waals surface area contributed by atoms with Gasteiger partial charge in [0.1, 0.15) is 0 Å². The second-order valence-electron chi connectivity index (χ2n) is 8.14. The Morgan fingerprint density at radius 1 is 0.957 bits per heavy atom. The molecular weight excluding hydrogens is 284 g/mol. The molecule has 2 aliphatic rings.